The number of carboxylic acid groups (broad SMARTS) is 1. The lowest BCUT2D eigenvalue weighted by atomic mass is 10.3. The van der Waals surface area contributed by atoms with Crippen LogP contribution in [0.15, 0.2) is 12.5 Å². The molecule has 104 valence electrons. The highest BCUT2D eigenvalue weighted by atomic mass is 16.6. The van der Waals surface area contributed by atoms with Gasteiger partial charge in [-0.25, -0.2) is 14.5 Å². The van der Waals surface area contributed by atoms with E-state index >= 15 is 0 Å². The summed E-state index contributed by atoms with van der Waals surface area (Å²) in [5, 5.41) is 24.0. The molecule has 0 aromatic carbocycles. The van der Waals surface area contributed by atoms with Gasteiger partial charge in [0.05, 0.1) is 17.7 Å². The van der Waals surface area contributed by atoms with Crippen molar-refractivity contribution in [3.8, 4) is 11.7 Å². The molecule has 2 heterocycles. The fourth-order valence-electron chi connectivity index (χ4n) is 1.61. The number of aryl methyl sites for hydroxylation is 1. The number of aromatic nitrogens is 4. The molecular formula is C10H9N5O5. The molecule has 10 nitrogen and oxygen atoms in total. The molecule has 2 aromatic rings. The van der Waals surface area contributed by atoms with E-state index in [1.807, 2.05) is 0 Å². The summed E-state index contributed by atoms with van der Waals surface area (Å²) in [4.78, 5) is 28.7. The summed E-state index contributed by atoms with van der Waals surface area (Å²) < 4.78 is 5.82. The predicted molar refractivity (Wildman–Crippen MR) is 64.1 cm³/mol. The van der Waals surface area contributed by atoms with Gasteiger partial charge in [0.2, 0.25) is 5.82 Å². The van der Waals surface area contributed by atoms with Gasteiger partial charge < -0.3 is 9.84 Å². The zero-order valence-corrected chi connectivity index (χ0v) is 10.5. The van der Waals surface area contributed by atoms with Crippen molar-refractivity contribution in [2.24, 2.45) is 0 Å². The third-order valence-corrected chi connectivity index (χ3v) is 2.49. The van der Waals surface area contributed by atoms with E-state index in [2.05, 4.69) is 15.1 Å². The standard InChI is InChI=1S/C10H9N5O5/c1-5-6(10(16)17)3-14(13-5)8-7(15(18)19)9(20-2)12-4-11-8/h3-4H,1-2H3,(H,16,17). The molecule has 0 amide bonds. The van der Waals surface area contributed by atoms with E-state index in [0.717, 1.165) is 17.2 Å². The van der Waals surface area contributed by atoms with Crippen LogP contribution in [0.1, 0.15) is 16.1 Å². The van der Waals surface area contributed by atoms with Gasteiger partial charge in [0.25, 0.3) is 5.88 Å². The number of carboxylic acids is 1. The van der Waals surface area contributed by atoms with Gasteiger partial charge in [-0.3, -0.25) is 10.1 Å². The first-order valence-corrected chi connectivity index (χ1v) is 5.29. The maximum atomic E-state index is 11.1. The monoisotopic (exact) mass is 279 g/mol. The minimum Gasteiger partial charge on any atom is -0.478 e. The highest BCUT2D eigenvalue weighted by Crippen LogP contribution is 2.29. The lowest BCUT2D eigenvalue weighted by Gasteiger charge is -2.04. The number of nitro groups is 1. The van der Waals surface area contributed by atoms with E-state index in [9.17, 15) is 14.9 Å². The maximum Gasteiger partial charge on any atom is 0.375 e. The Bertz CT molecular complexity index is 695. The van der Waals surface area contributed by atoms with Crippen molar-refractivity contribution in [1.82, 2.24) is 19.7 Å². The summed E-state index contributed by atoms with van der Waals surface area (Å²) >= 11 is 0. The van der Waals surface area contributed by atoms with E-state index in [1.54, 1.807) is 0 Å². The number of rotatable bonds is 4. The highest BCUT2D eigenvalue weighted by Gasteiger charge is 2.27. The minimum atomic E-state index is -1.18. The van der Waals surface area contributed by atoms with Crippen molar-refractivity contribution in [3.63, 3.8) is 0 Å². The third-order valence-electron chi connectivity index (χ3n) is 2.49. The number of hydrogen-bond acceptors (Lipinski definition) is 7. The molecule has 0 saturated heterocycles. The number of hydrogen-bond donors (Lipinski definition) is 1. The van der Waals surface area contributed by atoms with Crippen molar-refractivity contribution >= 4 is 11.7 Å². The SMILES string of the molecule is COc1ncnc(-n2cc(C(=O)O)c(C)n2)c1[N+](=O)[O-]. The first-order valence-electron chi connectivity index (χ1n) is 5.29. The molecular weight excluding hydrogens is 270 g/mol. The average molecular weight is 279 g/mol. The van der Waals surface area contributed by atoms with E-state index in [0.29, 0.717) is 0 Å². The van der Waals surface area contributed by atoms with Gasteiger partial charge in [0, 0.05) is 6.20 Å². The molecule has 0 fully saturated rings. The third kappa shape index (κ3) is 2.13. The normalized spacial score (nSPS) is 10.3. The molecule has 0 aliphatic carbocycles. The molecule has 10 heteroatoms. The molecule has 0 aliphatic heterocycles. The summed E-state index contributed by atoms with van der Waals surface area (Å²) in [5.74, 6) is -1.58. The van der Waals surface area contributed by atoms with Crippen LogP contribution in [-0.2, 0) is 0 Å². The van der Waals surface area contributed by atoms with Gasteiger partial charge >= 0.3 is 11.7 Å². The molecule has 0 atom stereocenters. The van der Waals surface area contributed by atoms with Gasteiger partial charge in [0.1, 0.15) is 11.9 Å². The Morgan fingerprint density at radius 1 is 1.50 bits per heavy atom. The quantitative estimate of drug-likeness (QED) is 0.634. The first kappa shape index (κ1) is 13.4. The zero-order chi connectivity index (χ0) is 14.9. The van der Waals surface area contributed by atoms with Crippen LogP contribution < -0.4 is 4.74 Å². The van der Waals surface area contributed by atoms with Crippen LogP contribution >= 0.6 is 0 Å². The van der Waals surface area contributed by atoms with Crippen LogP contribution in [0.2, 0.25) is 0 Å². The first-order chi connectivity index (χ1) is 9.45. The Morgan fingerprint density at radius 2 is 2.20 bits per heavy atom. The molecule has 0 unspecified atom stereocenters. The molecule has 0 aliphatic rings. The van der Waals surface area contributed by atoms with Crippen LogP contribution in [0, 0.1) is 17.0 Å². The predicted octanol–water partition coefficient (Wildman–Crippen LogP) is 0.586. The van der Waals surface area contributed by atoms with Crippen LogP contribution in [0.3, 0.4) is 0 Å². The van der Waals surface area contributed by atoms with Crippen LogP contribution in [0.25, 0.3) is 5.82 Å². The molecule has 20 heavy (non-hydrogen) atoms. The molecule has 2 rings (SSSR count). The summed E-state index contributed by atoms with van der Waals surface area (Å²) in [6, 6.07) is 0. The average Bonchev–Trinajstić information content (AvgIpc) is 2.79. The smallest absolute Gasteiger partial charge is 0.375 e. The van der Waals surface area contributed by atoms with Crippen molar-refractivity contribution < 1.29 is 19.6 Å². The number of carbonyl (C=O) groups is 1. The molecule has 0 radical (unpaired) electrons. The van der Waals surface area contributed by atoms with Crippen molar-refractivity contribution in [2.45, 2.75) is 6.92 Å². The van der Waals surface area contributed by atoms with Crippen LogP contribution in [0.4, 0.5) is 5.69 Å². The number of nitrogens with zero attached hydrogens (tertiary/aromatic N) is 5. The number of aromatic carboxylic acids is 1. The van der Waals surface area contributed by atoms with Gasteiger partial charge in [-0.2, -0.15) is 10.1 Å². The van der Waals surface area contributed by atoms with Gasteiger partial charge in [-0.1, -0.05) is 0 Å². The Kier molecular flexibility index (Phi) is 3.29. The topological polar surface area (TPSA) is 133 Å². The Balaban J connectivity index is 2.66. The second-order valence-electron chi connectivity index (χ2n) is 3.69. The van der Waals surface area contributed by atoms with Crippen LogP contribution in [0.5, 0.6) is 5.88 Å². The molecule has 0 spiro atoms. The van der Waals surface area contributed by atoms with Crippen molar-refractivity contribution in [2.75, 3.05) is 7.11 Å². The Morgan fingerprint density at radius 3 is 2.70 bits per heavy atom. The lowest BCUT2D eigenvalue weighted by molar-refractivity contribution is -0.386. The Hall–Kier alpha value is -3.04. The van der Waals surface area contributed by atoms with E-state index < -0.39 is 16.6 Å². The van der Waals surface area contributed by atoms with Gasteiger partial charge in [0.15, 0.2) is 0 Å². The second kappa shape index (κ2) is 4.91. The van der Waals surface area contributed by atoms with Gasteiger partial charge in [-0.05, 0) is 6.92 Å². The largest absolute Gasteiger partial charge is 0.478 e. The fourth-order valence-corrected chi connectivity index (χ4v) is 1.61. The van der Waals surface area contributed by atoms with E-state index in [-0.39, 0.29) is 23.0 Å². The Labute approximate surface area is 111 Å². The van der Waals surface area contributed by atoms with E-state index in [4.69, 9.17) is 9.84 Å². The lowest BCUT2D eigenvalue weighted by Crippen LogP contribution is -2.06. The van der Waals surface area contributed by atoms with Gasteiger partial charge in [-0.15, -0.1) is 0 Å². The fraction of sp³-hybridized carbons (Fsp3) is 0.200. The number of methoxy groups -OCH3 is 1. The summed E-state index contributed by atoms with van der Waals surface area (Å²) in [5.41, 5.74) is -0.351. The number of ether oxygens (including phenoxy) is 1. The summed E-state index contributed by atoms with van der Waals surface area (Å²) in [6.07, 6.45) is 2.21. The minimum absolute atomic E-state index is 0.0723. The van der Waals surface area contributed by atoms with Crippen molar-refractivity contribution in [1.29, 1.82) is 0 Å². The highest BCUT2D eigenvalue weighted by molar-refractivity contribution is 5.88. The van der Waals surface area contributed by atoms with Crippen LogP contribution in [-0.4, -0.2) is 42.9 Å². The van der Waals surface area contributed by atoms with E-state index in [1.165, 1.54) is 14.0 Å². The summed E-state index contributed by atoms with van der Waals surface area (Å²) in [7, 11) is 1.23. The van der Waals surface area contributed by atoms with Crippen molar-refractivity contribution in [3.05, 3.63) is 33.9 Å². The summed E-state index contributed by atoms with van der Waals surface area (Å²) in [6.45, 7) is 1.48. The molecule has 0 bridgehead atoms. The maximum absolute atomic E-state index is 11.1. The molecule has 1 N–H and O–H groups in total. The molecule has 2 aromatic heterocycles. The second-order valence-corrected chi connectivity index (χ2v) is 3.69. The molecule has 0 saturated carbocycles. The zero-order valence-electron chi connectivity index (χ0n) is 10.5.